The summed E-state index contributed by atoms with van der Waals surface area (Å²) in [4.78, 5) is 15.3. The number of nitrogens with zero attached hydrogens (tertiary/aromatic N) is 4. The van der Waals surface area contributed by atoms with Crippen LogP contribution in [0.25, 0.3) is 128 Å². The third-order valence-electron chi connectivity index (χ3n) is 13.7. The van der Waals surface area contributed by atoms with E-state index in [1.165, 1.54) is 54.9 Å². The minimum absolute atomic E-state index is 0.704. The Kier molecular flexibility index (Phi) is 10.5. The van der Waals surface area contributed by atoms with Crippen molar-refractivity contribution in [3.05, 3.63) is 267 Å². The number of hydrogen-bond acceptors (Lipinski definition) is 3. The van der Waals surface area contributed by atoms with Gasteiger partial charge in [-0.25, -0.2) is 15.0 Å². The van der Waals surface area contributed by atoms with Gasteiger partial charge < -0.3 is 0 Å². The van der Waals surface area contributed by atoms with Gasteiger partial charge in [0.05, 0.1) is 22.4 Å². The molecule has 0 bridgehead atoms. The molecule has 2 heterocycles. The lowest BCUT2D eigenvalue weighted by atomic mass is 9.91. The molecule has 0 amide bonds. The van der Waals surface area contributed by atoms with Crippen molar-refractivity contribution in [2.75, 3.05) is 0 Å². The maximum absolute atomic E-state index is 5.11. The van der Waals surface area contributed by atoms with Gasteiger partial charge in [0, 0.05) is 27.9 Å². The summed E-state index contributed by atoms with van der Waals surface area (Å²) in [5.74, 6) is 1.63. The van der Waals surface area contributed by atoms with Gasteiger partial charge in [-0.05, 0) is 109 Å². The molecule has 0 saturated heterocycles. The standard InChI is InChI=1S/C67H44N4/c1-4-14-45(15-5-1)46-26-32-49(33-27-46)63-44-64(69-66(68-63)51-16-6-2-7-17-51)50-34-28-47(29-35-50)53-38-40-58-55(42-53)18-12-22-60(58)61-23-13-19-56-43-54(39-41-59(56)61)48-30-36-52(37-31-48)67-70-62-24-10-11-25-65(62)71(67)57-20-8-3-9-21-57/h1-44H. The SMILES string of the molecule is c1ccc(-c2ccc(-c3cc(-c4ccc(-c5ccc6c(-c7cccc8cc(-c9ccc(-c%10nc%11ccccc%11n%10-c%10ccccc%10)cc9)ccc78)cccc6c5)cc4)nc(-c4ccccc4)n3)cc2)cc1. The molecule has 0 atom stereocenters. The average molecular weight is 905 g/mol. The minimum Gasteiger partial charge on any atom is -0.292 e. The Balaban J connectivity index is 0.784. The Morgan fingerprint density at radius 3 is 1.24 bits per heavy atom. The van der Waals surface area contributed by atoms with Crippen molar-refractivity contribution in [3.63, 3.8) is 0 Å². The number of imidazole rings is 1. The van der Waals surface area contributed by atoms with Crippen LogP contribution in [0.3, 0.4) is 0 Å². The number of benzene rings is 11. The van der Waals surface area contributed by atoms with Crippen molar-refractivity contribution in [1.29, 1.82) is 0 Å². The highest BCUT2D eigenvalue weighted by Gasteiger charge is 2.16. The lowest BCUT2D eigenvalue weighted by Gasteiger charge is -2.13. The fraction of sp³-hybridized carbons (Fsp3) is 0. The molecule has 332 valence electrons. The van der Waals surface area contributed by atoms with Crippen LogP contribution in [-0.4, -0.2) is 19.5 Å². The summed E-state index contributed by atoms with van der Waals surface area (Å²) in [5.41, 5.74) is 18.5. The number of aromatic nitrogens is 4. The molecule has 0 aliphatic rings. The zero-order valence-electron chi connectivity index (χ0n) is 38.7. The molecule has 4 heteroatoms. The van der Waals surface area contributed by atoms with E-state index >= 15 is 0 Å². The first-order valence-corrected chi connectivity index (χ1v) is 24.1. The monoisotopic (exact) mass is 904 g/mol. The minimum atomic E-state index is 0.704. The molecule has 0 N–H and O–H groups in total. The van der Waals surface area contributed by atoms with Crippen molar-refractivity contribution in [3.8, 4) is 95.5 Å². The van der Waals surface area contributed by atoms with Crippen LogP contribution in [0.5, 0.6) is 0 Å². The summed E-state index contributed by atoms with van der Waals surface area (Å²) in [6, 6.07) is 94.8. The number of rotatable bonds is 9. The molecule has 4 nitrogen and oxygen atoms in total. The van der Waals surface area contributed by atoms with E-state index in [-0.39, 0.29) is 0 Å². The van der Waals surface area contributed by atoms with Crippen molar-refractivity contribution >= 4 is 32.6 Å². The van der Waals surface area contributed by atoms with Crippen molar-refractivity contribution < 1.29 is 0 Å². The van der Waals surface area contributed by atoms with Crippen molar-refractivity contribution in [1.82, 2.24) is 19.5 Å². The van der Waals surface area contributed by atoms with E-state index in [2.05, 4.69) is 235 Å². The van der Waals surface area contributed by atoms with Gasteiger partial charge in [0.15, 0.2) is 5.82 Å². The summed E-state index contributed by atoms with van der Waals surface area (Å²) < 4.78 is 2.25. The van der Waals surface area contributed by atoms with Gasteiger partial charge in [-0.2, -0.15) is 0 Å². The first-order chi connectivity index (χ1) is 35.2. The van der Waals surface area contributed by atoms with Crippen LogP contribution in [-0.2, 0) is 0 Å². The highest BCUT2D eigenvalue weighted by Crippen LogP contribution is 2.39. The normalized spacial score (nSPS) is 11.4. The first-order valence-electron chi connectivity index (χ1n) is 24.1. The van der Waals surface area contributed by atoms with E-state index in [9.17, 15) is 0 Å². The largest absolute Gasteiger partial charge is 0.292 e. The van der Waals surface area contributed by atoms with Crippen LogP contribution in [0.2, 0.25) is 0 Å². The third kappa shape index (κ3) is 7.94. The zero-order valence-corrected chi connectivity index (χ0v) is 38.7. The Morgan fingerprint density at radius 2 is 0.690 bits per heavy atom. The zero-order chi connectivity index (χ0) is 47.1. The Morgan fingerprint density at radius 1 is 0.268 bits per heavy atom. The van der Waals surface area contributed by atoms with Gasteiger partial charge in [0.2, 0.25) is 0 Å². The fourth-order valence-corrected chi connectivity index (χ4v) is 10.0. The smallest absolute Gasteiger partial charge is 0.160 e. The molecule has 13 aromatic rings. The van der Waals surface area contributed by atoms with Gasteiger partial charge >= 0.3 is 0 Å². The molecular formula is C67H44N4. The van der Waals surface area contributed by atoms with E-state index in [4.69, 9.17) is 15.0 Å². The van der Waals surface area contributed by atoms with E-state index < -0.39 is 0 Å². The summed E-state index contributed by atoms with van der Waals surface area (Å²) in [7, 11) is 0. The predicted octanol–water partition coefficient (Wildman–Crippen LogP) is 17.5. The predicted molar refractivity (Wildman–Crippen MR) is 295 cm³/mol. The second kappa shape index (κ2) is 17.9. The number of fused-ring (bicyclic) bond motifs is 3. The van der Waals surface area contributed by atoms with Crippen LogP contribution in [0.1, 0.15) is 0 Å². The molecule has 0 aliphatic heterocycles. The molecule has 71 heavy (non-hydrogen) atoms. The quantitative estimate of drug-likeness (QED) is 0.145. The molecule has 2 aromatic heterocycles. The van der Waals surface area contributed by atoms with E-state index in [1.54, 1.807) is 0 Å². The van der Waals surface area contributed by atoms with Crippen LogP contribution < -0.4 is 0 Å². The topological polar surface area (TPSA) is 43.6 Å². The van der Waals surface area contributed by atoms with E-state index in [0.29, 0.717) is 5.82 Å². The number of para-hydroxylation sites is 3. The lowest BCUT2D eigenvalue weighted by Crippen LogP contribution is -1.97. The molecule has 13 rings (SSSR count). The summed E-state index contributed by atoms with van der Waals surface area (Å²) in [6.45, 7) is 0. The second-order valence-electron chi connectivity index (χ2n) is 18.0. The van der Waals surface area contributed by atoms with Gasteiger partial charge in [0.25, 0.3) is 0 Å². The van der Waals surface area contributed by atoms with Gasteiger partial charge in [-0.1, -0.05) is 224 Å². The highest BCUT2D eigenvalue weighted by atomic mass is 15.1. The fourth-order valence-electron chi connectivity index (χ4n) is 10.0. The van der Waals surface area contributed by atoms with Gasteiger partial charge in [-0.15, -0.1) is 0 Å². The van der Waals surface area contributed by atoms with E-state index in [0.717, 1.165) is 67.3 Å². The second-order valence-corrected chi connectivity index (χ2v) is 18.0. The van der Waals surface area contributed by atoms with Crippen LogP contribution in [0.4, 0.5) is 0 Å². The third-order valence-corrected chi connectivity index (χ3v) is 13.7. The maximum Gasteiger partial charge on any atom is 0.160 e. The molecule has 0 aliphatic carbocycles. The molecule has 0 spiro atoms. The first kappa shape index (κ1) is 41.7. The molecule has 11 aromatic carbocycles. The van der Waals surface area contributed by atoms with Gasteiger partial charge in [-0.3, -0.25) is 4.57 Å². The summed E-state index contributed by atoms with van der Waals surface area (Å²) in [5, 5.41) is 4.85. The molecular weight excluding hydrogens is 861 g/mol. The summed E-state index contributed by atoms with van der Waals surface area (Å²) >= 11 is 0. The highest BCUT2D eigenvalue weighted by molar-refractivity contribution is 6.07. The molecule has 0 unspecified atom stereocenters. The number of hydrogen-bond donors (Lipinski definition) is 0. The van der Waals surface area contributed by atoms with Crippen molar-refractivity contribution in [2.45, 2.75) is 0 Å². The lowest BCUT2D eigenvalue weighted by molar-refractivity contribution is 1.10. The molecule has 0 fully saturated rings. The average Bonchev–Trinajstić information content (AvgIpc) is 3.85. The molecule has 0 saturated carbocycles. The van der Waals surface area contributed by atoms with E-state index in [1.807, 2.05) is 36.4 Å². The van der Waals surface area contributed by atoms with Gasteiger partial charge in [0.1, 0.15) is 5.82 Å². The maximum atomic E-state index is 5.11. The Bertz CT molecular complexity index is 4050. The summed E-state index contributed by atoms with van der Waals surface area (Å²) in [6.07, 6.45) is 0. The Hall–Kier alpha value is -9.51. The van der Waals surface area contributed by atoms with Crippen LogP contribution in [0.15, 0.2) is 267 Å². The van der Waals surface area contributed by atoms with Crippen LogP contribution in [0, 0.1) is 0 Å². The van der Waals surface area contributed by atoms with Crippen LogP contribution >= 0.6 is 0 Å². The molecule has 0 radical (unpaired) electrons. The van der Waals surface area contributed by atoms with Crippen molar-refractivity contribution in [2.24, 2.45) is 0 Å². The Labute approximate surface area is 412 Å².